The molecule has 3 aromatic rings. The summed E-state index contributed by atoms with van der Waals surface area (Å²) >= 11 is 24.7. The molecule has 0 aromatic heterocycles. The molecular formula is C28H29Cl4N3O4S. The molecule has 0 aliphatic rings. The Morgan fingerprint density at radius 2 is 1.57 bits per heavy atom. The quantitative estimate of drug-likeness (QED) is 0.250. The molecule has 0 bridgehead atoms. The van der Waals surface area contributed by atoms with E-state index < -0.39 is 28.5 Å². The predicted octanol–water partition coefficient (Wildman–Crippen LogP) is 6.75. The number of nitrogens with one attached hydrogen (secondary N) is 1. The molecule has 0 heterocycles. The number of aryl methyl sites for hydroxylation is 1. The van der Waals surface area contributed by atoms with Crippen molar-refractivity contribution in [1.29, 1.82) is 0 Å². The molecule has 0 radical (unpaired) electrons. The van der Waals surface area contributed by atoms with Crippen molar-refractivity contribution in [1.82, 2.24) is 10.2 Å². The predicted molar refractivity (Wildman–Crippen MR) is 162 cm³/mol. The third-order valence-electron chi connectivity index (χ3n) is 6.15. The summed E-state index contributed by atoms with van der Waals surface area (Å²) in [6.07, 6.45) is 0.704. The smallest absolute Gasteiger partial charge is 0.264 e. The Labute approximate surface area is 255 Å². The zero-order valence-corrected chi connectivity index (χ0v) is 26.0. The highest BCUT2D eigenvalue weighted by Gasteiger charge is 2.33. The maximum atomic E-state index is 13.9. The van der Waals surface area contributed by atoms with Crippen LogP contribution in [0.1, 0.15) is 31.4 Å². The van der Waals surface area contributed by atoms with Gasteiger partial charge in [0.2, 0.25) is 11.8 Å². The summed E-state index contributed by atoms with van der Waals surface area (Å²) < 4.78 is 28.7. The molecule has 1 N–H and O–H groups in total. The first-order valence-corrected chi connectivity index (χ1v) is 15.4. The maximum absolute atomic E-state index is 13.9. The van der Waals surface area contributed by atoms with E-state index >= 15 is 0 Å². The van der Waals surface area contributed by atoms with Gasteiger partial charge in [0.05, 0.1) is 20.6 Å². The molecule has 12 heteroatoms. The number of amides is 2. The van der Waals surface area contributed by atoms with Crippen LogP contribution in [-0.2, 0) is 26.2 Å². The minimum Gasteiger partial charge on any atom is -0.354 e. The van der Waals surface area contributed by atoms with Crippen LogP contribution in [0.4, 0.5) is 5.69 Å². The first kappa shape index (κ1) is 32.0. The fourth-order valence-corrected chi connectivity index (χ4v) is 5.98. The van der Waals surface area contributed by atoms with Gasteiger partial charge in [-0.2, -0.15) is 0 Å². The third-order valence-corrected chi connectivity index (χ3v) is 9.27. The second kappa shape index (κ2) is 13.9. The zero-order chi connectivity index (χ0) is 29.6. The Morgan fingerprint density at radius 1 is 0.900 bits per heavy atom. The molecule has 0 fully saturated rings. The molecule has 1 atom stereocenters. The zero-order valence-electron chi connectivity index (χ0n) is 22.1. The molecule has 0 aliphatic carbocycles. The van der Waals surface area contributed by atoms with Crippen LogP contribution in [0.2, 0.25) is 20.1 Å². The summed E-state index contributed by atoms with van der Waals surface area (Å²) in [5.74, 6) is -1.02. The normalized spacial score (nSPS) is 12.1. The number of halogens is 4. The Bertz CT molecular complexity index is 1480. The second-order valence-electron chi connectivity index (χ2n) is 9.15. The van der Waals surface area contributed by atoms with E-state index in [0.29, 0.717) is 28.6 Å². The lowest BCUT2D eigenvalue weighted by molar-refractivity contribution is -0.139. The molecule has 0 spiro atoms. The maximum Gasteiger partial charge on any atom is 0.264 e. The number of nitrogens with zero attached hydrogens (tertiary/aromatic N) is 2. The molecule has 3 aromatic carbocycles. The largest absolute Gasteiger partial charge is 0.354 e. The molecule has 3 rings (SSSR count). The van der Waals surface area contributed by atoms with Gasteiger partial charge < -0.3 is 10.2 Å². The molecule has 214 valence electrons. The molecule has 2 amide bonds. The highest BCUT2D eigenvalue weighted by atomic mass is 35.5. The van der Waals surface area contributed by atoms with Crippen LogP contribution in [0.5, 0.6) is 0 Å². The first-order chi connectivity index (χ1) is 18.8. The SMILES string of the molecule is CCCNC(=O)[C@H](C)N(Cc1ccc(Cl)cc1Cl)C(=O)CN(c1ccc(Cl)c(Cl)c1)S(=O)(=O)c1ccc(C)cc1. The third kappa shape index (κ3) is 7.83. The summed E-state index contributed by atoms with van der Waals surface area (Å²) in [4.78, 5) is 28.1. The lowest BCUT2D eigenvalue weighted by Gasteiger charge is -2.32. The van der Waals surface area contributed by atoms with E-state index in [9.17, 15) is 18.0 Å². The van der Waals surface area contributed by atoms with E-state index in [2.05, 4.69) is 5.32 Å². The number of carbonyl (C=O) groups is 2. The van der Waals surface area contributed by atoms with Crippen molar-refractivity contribution < 1.29 is 18.0 Å². The van der Waals surface area contributed by atoms with Gasteiger partial charge in [0, 0.05) is 23.1 Å². The summed E-state index contributed by atoms with van der Waals surface area (Å²) in [6, 6.07) is 14.4. The van der Waals surface area contributed by atoms with Crippen LogP contribution in [0.25, 0.3) is 0 Å². The van der Waals surface area contributed by atoms with E-state index in [1.165, 1.54) is 41.3 Å². The number of sulfonamides is 1. The summed E-state index contributed by atoms with van der Waals surface area (Å²) in [6.45, 7) is 5.06. The first-order valence-electron chi connectivity index (χ1n) is 12.4. The van der Waals surface area contributed by atoms with E-state index in [1.807, 2.05) is 13.8 Å². The molecule has 7 nitrogen and oxygen atoms in total. The monoisotopic (exact) mass is 643 g/mol. The number of hydrogen-bond acceptors (Lipinski definition) is 4. The van der Waals surface area contributed by atoms with Gasteiger partial charge in [-0.1, -0.05) is 77.1 Å². The van der Waals surface area contributed by atoms with Crippen molar-refractivity contribution in [2.45, 2.75) is 44.7 Å². The number of benzene rings is 3. The summed E-state index contributed by atoms with van der Waals surface area (Å²) in [7, 11) is -4.24. The van der Waals surface area contributed by atoms with Crippen molar-refractivity contribution in [3.63, 3.8) is 0 Å². The average Bonchev–Trinajstić information content (AvgIpc) is 2.91. The van der Waals surface area contributed by atoms with Crippen LogP contribution >= 0.6 is 46.4 Å². The van der Waals surface area contributed by atoms with Crippen molar-refractivity contribution in [3.05, 3.63) is 91.9 Å². The number of rotatable bonds is 11. The lowest BCUT2D eigenvalue weighted by Crippen LogP contribution is -2.51. The van der Waals surface area contributed by atoms with Crippen molar-refractivity contribution in [3.8, 4) is 0 Å². The van der Waals surface area contributed by atoms with Gasteiger partial charge in [-0.15, -0.1) is 0 Å². The standard InChI is InChI=1S/C28H29Cl4N3O4S/c1-4-13-33-28(37)19(3)34(16-20-7-8-21(29)14-25(20)31)27(36)17-35(22-9-12-24(30)26(32)15-22)40(38,39)23-10-5-18(2)6-11-23/h5-12,14-15,19H,4,13,16-17H2,1-3H3,(H,33,37)/t19-/m0/s1. The fraction of sp³-hybridized carbons (Fsp3) is 0.286. The molecule has 0 saturated heterocycles. The summed E-state index contributed by atoms with van der Waals surface area (Å²) in [5, 5.41) is 3.85. The van der Waals surface area contributed by atoms with E-state index in [4.69, 9.17) is 46.4 Å². The Morgan fingerprint density at radius 3 is 2.17 bits per heavy atom. The van der Waals surface area contributed by atoms with Gasteiger partial charge in [-0.3, -0.25) is 13.9 Å². The van der Waals surface area contributed by atoms with E-state index in [1.54, 1.807) is 31.2 Å². The number of carbonyl (C=O) groups excluding carboxylic acids is 2. The van der Waals surface area contributed by atoms with Gasteiger partial charge in [0.1, 0.15) is 12.6 Å². The Kier molecular flexibility index (Phi) is 11.1. The van der Waals surface area contributed by atoms with Gasteiger partial charge in [0.25, 0.3) is 10.0 Å². The molecule has 40 heavy (non-hydrogen) atoms. The lowest BCUT2D eigenvalue weighted by atomic mass is 10.1. The highest BCUT2D eigenvalue weighted by Crippen LogP contribution is 2.31. The van der Waals surface area contributed by atoms with Crippen LogP contribution in [0.3, 0.4) is 0 Å². The minimum atomic E-state index is -4.24. The van der Waals surface area contributed by atoms with Crippen LogP contribution in [-0.4, -0.2) is 44.3 Å². The van der Waals surface area contributed by atoms with Gasteiger partial charge in [-0.05, 0) is 68.3 Å². The Balaban J connectivity index is 2.06. The van der Waals surface area contributed by atoms with Gasteiger partial charge in [-0.25, -0.2) is 8.42 Å². The number of hydrogen-bond donors (Lipinski definition) is 1. The topological polar surface area (TPSA) is 86.8 Å². The molecule has 0 aliphatic heterocycles. The van der Waals surface area contributed by atoms with E-state index in [-0.39, 0.29) is 33.1 Å². The van der Waals surface area contributed by atoms with Crippen molar-refractivity contribution in [2.75, 3.05) is 17.4 Å². The average molecular weight is 645 g/mol. The van der Waals surface area contributed by atoms with Crippen LogP contribution < -0.4 is 9.62 Å². The van der Waals surface area contributed by atoms with Crippen molar-refractivity contribution in [2.24, 2.45) is 0 Å². The fourth-order valence-electron chi connectivity index (χ4n) is 3.82. The number of anilines is 1. The Hall–Kier alpha value is -2.49. The van der Waals surface area contributed by atoms with E-state index in [0.717, 1.165) is 9.87 Å². The van der Waals surface area contributed by atoms with Crippen molar-refractivity contribution >= 4 is 73.9 Å². The van der Waals surface area contributed by atoms with Gasteiger partial charge >= 0.3 is 0 Å². The highest BCUT2D eigenvalue weighted by molar-refractivity contribution is 7.92. The molecule has 0 saturated carbocycles. The van der Waals surface area contributed by atoms with Gasteiger partial charge in [0.15, 0.2) is 0 Å². The van der Waals surface area contributed by atoms with Crippen LogP contribution in [0.15, 0.2) is 65.6 Å². The molecule has 0 unspecified atom stereocenters. The summed E-state index contributed by atoms with van der Waals surface area (Å²) in [5.41, 5.74) is 1.54. The van der Waals surface area contributed by atoms with Crippen LogP contribution in [0, 0.1) is 6.92 Å². The second-order valence-corrected chi connectivity index (χ2v) is 12.7. The molecular weight excluding hydrogens is 616 g/mol. The minimum absolute atomic E-state index is 0.0157.